The fourth-order valence-electron chi connectivity index (χ4n) is 7.04. The van der Waals surface area contributed by atoms with E-state index in [1.54, 1.807) is 17.9 Å². The van der Waals surface area contributed by atoms with Crippen LogP contribution in [0.3, 0.4) is 0 Å². The summed E-state index contributed by atoms with van der Waals surface area (Å²) in [6.45, 7) is 9.95. The van der Waals surface area contributed by atoms with Gasteiger partial charge in [0.2, 0.25) is 5.91 Å². The van der Waals surface area contributed by atoms with E-state index in [-0.39, 0.29) is 25.0 Å². The number of anilines is 2. The Labute approximate surface area is 300 Å². The quantitative estimate of drug-likeness (QED) is 0.128. The number of benzene rings is 2. The molecule has 2 N–H and O–H groups in total. The number of ether oxygens (including phenoxy) is 2. The lowest BCUT2D eigenvalue weighted by Gasteiger charge is -2.40. The van der Waals surface area contributed by atoms with Gasteiger partial charge in [0, 0.05) is 61.3 Å². The van der Waals surface area contributed by atoms with Crippen molar-refractivity contribution in [3.8, 4) is 0 Å². The average Bonchev–Trinajstić information content (AvgIpc) is 3.10. The molecule has 0 saturated carbocycles. The van der Waals surface area contributed by atoms with Crippen LogP contribution in [-0.2, 0) is 38.4 Å². The first kappa shape index (κ1) is 36.0. The molecular formula is C40H50N6O5. The number of pyridine rings is 2. The van der Waals surface area contributed by atoms with Crippen molar-refractivity contribution in [2.24, 2.45) is 0 Å². The van der Waals surface area contributed by atoms with Gasteiger partial charge in [-0.1, -0.05) is 36.4 Å². The van der Waals surface area contributed by atoms with Crippen molar-refractivity contribution in [3.05, 3.63) is 71.5 Å². The zero-order valence-electron chi connectivity index (χ0n) is 30.3. The van der Waals surface area contributed by atoms with E-state index in [0.717, 1.165) is 54.2 Å². The standard InChI is InChI=1S/C40H50N6O5/c1-5-50-38(48)34-26-46(35(47)19-10-11-22-41-37-29-14-6-8-16-31(29)43-32-17-9-7-15-30(32)37)24-23-45(34)25-28-21-20-27-13-12-18-33(36(27)42-28)44-39(49)51-40(2,3)4/h6,8,12-14,16,18,20-21,34H,5,7,9-11,15,17,19,22-26H2,1-4H3,(H,41,43)(H,44,49). The number of carbonyl (C=O) groups excluding carboxylic acids is 3. The van der Waals surface area contributed by atoms with Crippen molar-refractivity contribution >= 4 is 51.2 Å². The number of hydrogen-bond acceptors (Lipinski definition) is 9. The summed E-state index contributed by atoms with van der Waals surface area (Å²) < 4.78 is 10.9. The molecule has 1 fully saturated rings. The summed E-state index contributed by atoms with van der Waals surface area (Å²) in [5.74, 6) is -0.294. The van der Waals surface area contributed by atoms with Crippen molar-refractivity contribution in [1.29, 1.82) is 0 Å². The summed E-state index contributed by atoms with van der Waals surface area (Å²) in [4.78, 5) is 52.8. The molecular weight excluding hydrogens is 644 g/mol. The number of esters is 1. The number of nitrogens with zero attached hydrogens (tertiary/aromatic N) is 4. The van der Waals surface area contributed by atoms with Gasteiger partial charge in [0.15, 0.2) is 0 Å². The second-order valence-electron chi connectivity index (χ2n) is 14.4. The van der Waals surface area contributed by atoms with Crippen molar-refractivity contribution < 1.29 is 23.9 Å². The van der Waals surface area contributed by atoms with Crippen LogP contribution in [0.1, 0.15) is 76.8 Å². The van der Waals surface area contributed by atoms with Gasteiger partial charge in [-0.3, -0.25) is 24.8 Å². The van der Waals surface area contributed by atoms with Crippen LogP contribution >= 0.6 is 0 Å². The highest BCUT2D eigenvalue weighted by Gasteiger charge is 2.35. The molecule has 0 radical (unpaired) electrons. The monoisotopic (exact) mass is 694 g/mol. The van der Waals surface area contributed by atoms with E-state index in [2.05, 4.69) is 28.8 Å². The summed E-state index contributed by atoms with van der Waals surface area (Å²) in [6, 6.07) is 17.2. The summed E-state index contributed by atoms with van der Waals surface area (Å²) >= 11 is 0. The molecule has 1 aliphatic carbocycles. The van der Waals surface area contributed by atoms with Crippen LogP contribution in [0.25, 0.3) is 21.8 Å². The Kier molecular flexibility index (Phi) is 11.3. The molecule has 2 amide bonds. The number of amides is 2. The lowest BCUT2D eigenvalue weighted by molar-refractivity contribution is -0.154. The van der Waals surface area contributed by atoms with Gasteiger partial charge in [-0.2, -0.15) is 0 Å². The molecule has 4 aromatic rings. The van der Waals surface area contributed by atoms with Crippen LogP contribution in [0.2, 0.25) is 0 Å². The number of aromatic nitrogens is 2. The minimum Gasteiger partial charge on any atom is -0.465 e. The Bertz CT molecular complexity index is 1890. The number of unbranched alkanes of at least 4 members (excludes halogenated alkanes) is 1. The number of rotatable bonds is 11. The number of fused-ring (bicyclic) bond motifs is 3. The third-order valence-electron chi connectivity index (χ3n) is 9.47. The van der Waals surface area contributed by atoms with E-state index in [1.807, 2.05) is 56.0 Å². The summed E-state index contributed by atoms with van der Waals surface area (Å²) in [5.41, 5.74) is 6.07. The highest BCUT2D eigenvalue weighted by atomic mass is 16.6. The zero-order chi connectivity index (χ0) is 36.0. The Morgan fingerprint density at radius 1 is 0.941 bits per heavy atom. The molecule has 2 aliphatic rings. The Balaban J connectivity index is 1.06. The molecule has 1 atom stereocenters. The summed E-state index contributed by atoms with van der Waals surface area (Å²) in [6.07, 6.45) is 5.92. The zero-order valence-corrected chi connectivity index (χ0v) is 30.3. The molecule has 270 valence electrons. The molecule has 2 aromatic carbocycles. The van der Waals surface area contributed by atoms with Crippen LogP contribution < -0.4 is 10.6 Å². The first-order chi connectivity index (χ1) is 24.6. The normalized spacial score (nSPS) is 16.5. The average molecular weight is 695 g/mol. The van der Waals surface area contributed by atoms with Crippen LogP contribution in [-0.4, -0.2) is 82.2 Å². The second-order valence-corrected chi connectivity index (χ2v) is 14.4. The maximum absolute atomic E-state index is 13.4. The summed E-state index contributed by atoms with van der Waals surface area (Å²) in [5, 5.41) is 8.56. The van der Waals surface area contributed by atoms with Gasteiger partial charge in [0.05, 0.1) is 29.0 Å². The Morgan fingerprint density at radius 2 is 1.76 bits per heavy atom. The third kappa shape index (κ3) is 8.94. The summed E-state index contributed by atoms with van der Waals surface area (Å²) in [7, 11) is 0. The molecule has 2 aromatic heterocycles. The van der Waals surface area contributed by atoms with Crippen LogP contribution in [0.5, 0.6) is 0 Å². The van der Waals surface area contributed by atoms with E-state index in [9.17, 15) is 14.4 Å². The maximum Gasteiger partial charge on any atom is 0.412 e. The maximum atomic E-state index is 13.4. The number of aryl methyl sites for hydroxylation is 1. The Hall–Kier alpha value is -4.77. The van der Waals surface area contributed by atoms with Crippen molar-refractivity contribution in [1.82, 2.24) is 19.8 Å². The predicted molar refractivity (Wildman–Crippen MR) is 200 cm³/mol. The first-order valence-electron chi connectivity index (χ1n) is 18.3. The number of nitrogens with one attached hydrogen (secondary N) is 2. The fraction of sp³-hybridized carbons (Fsp3) is 0.475. The largest absolute Gasteiger partial charge is 0.465 e. The molecule has 6 rings (SSSR count). The Morgan fingerprint density at radius 3 is 2.59 bits per heavy atom. The molecule has 1 saturated heterocycles. The van der Waals surface area contributed by atoms with Crippen LogP contribution in [0.15, 0.2) is 54.6 Å². The topological polar surface area (TPSA) is 126 Å². The first-order valence-corrected chi connectivity index (χ1v) is 18.3. The van der Waals surface area contributed by atoms with Gasteiger partial charge >= 0.3 is 12.1 Å². The minimum absolute atomic E-state index is 0.0531. The van der Waals surface area contributed by atoms with E-state index in [4.69, 9.17) is 19.4 Å². The molecule has 51 heavy (non-hydrogen) atoms. The van der Waals surface area contributed by atoms with Crippen LogP contribution in [0, 0.1) is 0 Å². The van der Waals surface area contributed by atoms with Crippen molar-refractivity contribution in [2.75, 3.05) is 43.4 Å². The minimum atomic E-state index is -0.633. The molecule has 11 heteroatoms. The number of para-hydroxylation sites is 2. The van der Waals surface area contributed by atoms with E-state index in [0.29, 0.717) is 37.3 Å². The van der Waals surface area contributed by atoms with E-state index in [1.165, 1.54) is 29.8 Å². The lowest BCUT2D eigenvalue weighted by Crippen LogP contribution is -2.57. The van der Waals surface area contributed by atoms with E-state index < -0.39 is 17.7 Å². The smallest absolute Gasteiger partial charge is 0.412 e. The van der Waals surface area contributed by atoms with Crippen molar-refractivity contribution in [2.45, 2.75) is 90.8 Å². The molecule has 1 aliphatic heterocycles. The number of piperazine rings is 1. The predicted octanol–water partition coefficient (Wildman–Crippen LogP) is 6.87. The van der Waals surface area contributed by atoms with Gasteiger partial charge in [0.1, 0.15) is 11.6 Å². The lowest BCUT2D eigenvalue weighted by atomic mass is 9.92. The number of carbonyl (C=O) groups is 3. The van der Waals surface area contributed by atoms with Gasteiger partial charge < -0.3 is 19.7 Å². The molecule has 0 spiro atoms. The SMILES string of the molecule is CCOC(=O)C1CN(C(=O)CCCCNc2c3c(nc4ccccc24)CCCC3)CCN1Cc1ccc2cccc(NC(=O)OC(C)(C)C)c2n1. The highest BCUT2D eigenvalue weighted by molar-refractivity contribution is 5.98. The molecule has 0 bridgehead atoms. The second kappa shape index (κ2) is 16.1. The van der Waals surface area contributed by atoms with E-state index >= 15 is 0 Å². The number of hydrogen-bond donors (Lipinski definition) is 2. The highest BCUT2D eigenvalue weighted by Crippen LogP contribution is 2.33. The fourth-order valence-corrected chi connectivity index (χ4v) is 7.04. The molecule has 3 heterocycles. The van der Waals surface area contributed by atoms with Crippen LogP contribution in [0.4, 0.5) is 16.2 Å². The van der Waals surface area contributed by atoms with Crippen molar-refractivity contribution in [3.63, 3.8) is 0 Å². The van der Waals surface area contributed by atoms with Gasteiger partial charge in [-0.15, -0.1) is 0 Å². The van der Waals surface area contributed by atoms with Gasteiger partial charge in [0.25, 0.3) is 0 Å². The molecule has 1 unspecified atom stereocenters. The molecule has 11 nitrogen and oxygen atoms in total. The third-order valence-corrected chi connectivity index (χ3v) is 9.47. The van der Waals surface area contributed by atoms with Gasteiger partial charge in [-0.25, -0.2) is 9.78 Å². The van der Waals surface area contributed by atoms with Gasteiger partial charge in [-0.05, 0) is 90.0 Å².